The molecule has 2 heterocycles. The zero-order valence-corrected chi connectivity index (χ0v) is 16.2. The average molecular weight is 344 g/mol. The lowest BCUT2D eigenvalue weighted by Gasteiger charge is -2.29. The Balaban J connectivity index is 2.34. The van der Waals surface area contributed by atoms with Crippen molar-refractivity contribution in [3.63, 3.8) is 0 Å². The van der Waals surface area contributed by atoms with Crippen molar-refractivity contribution in [3.05, 3.63) is 46.4 Å². The highest BCUT2D eigenvalue weighted by molar-refractivity contribution is 8.06. The number of allylic oxidation sites excluding steroid dienone is 4. The Morgan fingerprint density at radius 2 is 2.25 bits per heavy atom. The number of aliphatic imine (C=N–C) groups is 2. The third-order valence-corrected chi connectivity index (χ3v) is 5.35. The van der Waals surface area contributed by atoms with Crippen LogP contribution in [0.15, 0.2) is 56.4 Å². The van der Waals surface area contributed by atoms with Crippen molar-refractivity contribution in [2.24, 2.45) is 15.9 Å². The molecular weight excluding hydrogens is 314 g/mol. The lowest BCUT2D eigenvalue weighted by molar-refractivity contribution is 0.487. The van der Waals surface area contributed by atoms with E-state index in [1.807, 2.05) is 20.0 Å². The van der Waals surface area contributed by atoms with E-state index in [1.165, 1.54) is 17.7 Å². The molecule has 2 aliphatic rings. The molecule has 2 rings (SSSR count). The number of hydrogen-bond acceptors (Lipinski definition) is 4. The number of nitrogens with zero attached hydrogens (tertiary/aromatic N) is 3. The largest absolute Gasteiger partial charge is 0.329 e. The Morgan fingerprint density at radius 3 is 2.88 bits per heavy atom. The predicted molar refractivity (Wildman–Crippen MR) is 109 cm³/mol. The van der Waals surface area contributed by atoms with Crippen LogP contribution in [0.3, 0.4) is 0 Å². The van der Waals surface area contributed by atoms with Gasteiger partial charge < -0.3 is 4.90 Å². The molecule has 1 unspecified atom stereocenters. The standard InChI is InChI=1S/C20H29N3S/c1-6-9-10-18(21-5)17-13-22-20(15(4)24-11-7-2)23-14-16(8-3)12-19(17)23/h7,9-11,16H,4,6,8,12-14H2,1-3,5H3/b10-9-,11-7-,21-18?. The van der Waals surface area contributed by atoms with E-state index in [-0.39, 0.29) is 0 Å². The molecule has 0 aromatic heterocycles. The number of rotatable bonds is 7. The summed E-state index contributed by atoms with van der Waals surface area (Å²) in [6.07, 6.45) is 9.69. The van der Waals surface area contributed by atoms with Crippen molar-refractivity contribution < 1.29 is 0 Å². The molecule has 1 fully saturated rings. The fourth-order valence-corrected chi connectivity index (χ4v) is 3.71. The first-order valence-corrected chi connectivity index (χ1v) is 9.68. The molecule has 1 atom stereocenters. The molecule has 0 aromatic rings. The molecule has 0 saturated carbocycles. The molecule has 0 spiro atoms. The van der Waals surface area contributed by atoms with E-state index in [0.717, 1.165) is 35.8 Å². The number of thioether (sulfide) groups is 1. The van der Waals surface area contributed by atoms with Gasteiger partial charge in [-0.3, -0.25) is 9.98 Å². The van der Waals surface area contributed by atoms with Crippen LogP contribution in [-0.4, -0.2) is 36.6 Å². The zero-order chi connectivity index (χ0) is 17.5. The van der Waals surface area contributed by atoms with E-state index in [4.69, 9.17) is 4.99 Å². The summed E-state index contributed by atoms with van der Waals surface area (Å²) in [5.41, 5.74) is 3.75. The molecule has 0 amide bonds. The van der Waals surface area contributed by atoms with Gasteiger partial charge in [-0.25, -0.2) is 0 Å². The SMILES string of the molecule is C=C(S/C=C\C)C1=NCC(C(/C=C\CC)=NC)=C2CC(CC)CN12. The summed E-state index contributed by atoms with van der Waals surface area (Å²) in [5, 5.41) is 2.07. The van der Waals surface area contributed by atoms with E-state index in [0.29, 0.717) is 12.5 Å². The van der Waals surface area contributed by atoms with Crippen molar-refractivity contribution in [1.82, 2.24) is 4.90 Å². The van der Waals surface area contributed by atoms with Crippen LogP contribution in [0.5, 0.6) is 0 Å². The van der Waals surface area contributed by atoms with Gasteiger partial charge in [0.25, 0.3) is 0 Å². The molecule has 2 aliphatic heterocycles. The topological polar surface area (TPSA) is 28.0 Å². The van der Waals surface area contributed by atoms with Gasteiger partial charge in [-0.1, -0.05) is 50.8 Å². The van der Waals surface area contributed by atoms with E-state index in [9.17, 15) is 0 Å². The van der Waals surface area contributed by atoms with Crippen molar-refractivity contribution in [3.8, 4) is 0 Å². The second-order valence-electron chi connectivity index (χ2n) is 6.08. The van der Waals surface area contributed by atoms with Crippen LogP contribution in [0, 0.1) is 5.92 Å². The molecule has 1 saturated heterocycles. The van der Waals surface area contributed by atoms with Crippen molar-refractivity contribution in [2.45, 2.75) is 40.0 Å². The van der Waals surface area contributed by atoms with Gasteiger partial charge in [-0.2, -0.15) is 0 Å². The van der Waals surface area contributed by atoms with Crippen LogP contribution in [0.4, 0.5) is 0 Å². The van der Waals surface area contributed by atoms with Gasteiger partial charge in [0, 0.05) is 29.8 Å². The normalized spacial score (nSPS) is 21.8. The Labute approximate surface area is 151 Å². The monoisotopic (exact) mass is 343 g/mol. The molecule has 24 heavy (non-hydrogen) atoms. The third-order valence-electron chi connectivity index (χ3n) is 4.47. The molecule has 0 aromatic carbocycles. The average Bonchev–Trinajstić information content (AvgIpc) is 3.04. The Hall–Kier alpha value is -1.55. The summed E-state index contributed by atoms with van der Waals surface area (Å²) < 4.78 is 0. The van der Waals surface area contributed by atoms with Crippen molar-refractivity contribution in [1.29, 1.82) is 0 Å². The van der Waals surface area contributed by atoms with E-state index in [1.54, 1.807) is 11.8 Å². The van der Waals surface area contributed by atoms with Crippen LogP contribution in [0.2, 0.25) is 0 Å². The maximum absolute atomic E-state index is 4.87. The third kappa shape index (κ3) is 4.10. The first-order valence-electron chi connectivity index (χ1n) is 8.80. The van der Waals surface area contributed by atoms with Gasteiger partial charge in [0.05, 0.1) is 12.3 Å². The number of fused-ring (bicyclic) bond motifs is 1. The first-order chi connectivity index (χ1) is 11.7. The molecule has 0 aliphatic carbocycles. The smallest absolute Gasteiger partial charge is 0.141 e. The van der Waals surface area contributed by atoms with Gasteiger partial charge in [-0.05, 0) is 37.2 Å². The van der Waals surface area contributed by atoms with Crippen LogP contribution in [0.25, 0.3) is 0 Å². The van der Waals surface area contributed by atoms with Crippen LogP contribution in [-0.2, 0) is 0 Å². The highest BCUT2D eigenvalue weighted by atomic mass is 32.2. The van der Waals surface area contributed by atoms with E-state index in [2.05, 4.69) is 47.9 Å². The van der Waals surface area contributed by atoms with E-state index < -0.39 is 0 Å². The van der Waals surface area contributed by atoms with Crippen LogP contribution < -0.4 is 0 Å². The van der Waals surface area contributed by atoms with Crippen molar-refractivity contribution >= 4 is 23.3 Å². The first kappa shape index (κ1) is 18.8. The summed E-state index contributed by atoms with van der Waals surface area (Å²) >= 11 is 1.66. The second kappa shape index (κ2) is 9.07. The molecule has 3 nitrogen and oxygen atoms in total. The summed E-state index contributed by atoms with van der Waals surface area (Å²) in [6.45, 7) is 12.4. The molecule has 4 heteroatoms. The Kier molecular flexibility index (Phi) is 7.10. The highest BCUT2D eigenvalue weighted by Gasteiger charge is 2.34. The summed E-state index contributed by atoms with van der Waals surface area (Å²) in [4.78, 5) is 12.8. The molecular formula is C20H29N3S. The lowest BCUT2D eigenvalue weighted by Crippen LogP contribution is -2.33. The number of amidine groups is 1. The Morgan fingerprint density at radius 1 is 1.46 bits per heavy atom. The molecule has 130 valence electrons. The quantitative estimate of drug-likeness (QED) is 0.594. The van der Waals surface area contributed by atoms with Gasteiger partial charge in [0.2, 0.25) is 0 Å². The van der Waals surface area contributed by atoms with Gasteiger partial charge >= 0.3 is 0 Å². The van der Waals surface area contributed by atoms with Gasteiger partial charge in [0.1, 0.15) is 5.84 Å². The maximum atomic E-state index is 4.87. The van der Waals surface area contributed by atoms with Gasteiger partial charge in [-0.15, -0.1) is 0 Å². The minimum Gasteiger partial charge on any atom is -0.329 e. The zero-order valence-electron chi connectivity index (χ0n) is 15.4. The minimum absolute atomic E-state index is 0.686. The summed E-state index contributed by atoms with van der Waals surface area (Å²) in [7, 11) is 1.87. The highest BCUT2D eigenvalue weighted by Crippen LogP contribution is 2.37. The maximum Gasteiger partial charge on any atom is 0.141 e. The van der Waals surface area contributed by atoms with Gasteiger partial charge in [0.15, 0.2) is 0 Å². The predicted octanol–water partition coefficient (Wildman–Crippen LogP) is 5.20. The fraction of sp³-hybridized carbons (Fsp3) is 0.500. The summed E-state index contributed by atoms with van der Waals surface area (Å²) in [5.74, 6) is 1.73. The minimum atomic E-state index is 0.686. The van der Waals surface area contributed by atoms with Crippen LogP contribution in [0.1, 0.15) is 40.0 Å². The number of hydrogen-bond donors (Lipinski definition) is 0. The lowest BCUT2D eigenvalue weighted by atomic mass is 10.00. The molecule has 0 radical (unpaired) electrons. The van der Waals surface area contributed by atoms with E-state index >= 15 is 0 Å². The fourth-order valence-electron chi connectivity index (χ4n) is 3.13. The molecule has 0 N–H and O–H groups in total. The Bertz CT molecular complexity index is 623. The van der Waals surface area contributed by atoms with Crippen LogP contribution >= 0.6 is 11.8 Å². The molecule has 0 bridgehead atoms. The summed E-state index contributed by atoms with van der Waals surface area (Å²) in [6, 6.07) is 0. The second-order valence-corrected chi connectivity index (χ2v) is 7.08. The van der Waals surface area contributed by atoms with Crippen molar-refractivity contribution in [2.75, 3.05) is 20.1 Å².